The van der Waals surface area contributed by atoms with E-state index in [2.05, 4.69) is 0 Å². The van der Waals surface area contributed by atoms with E-state index in [0.29, 0.717) is 5.56 Å². The number of aromatic hydroxyl groups is 1. The molecule has 0 saturated carbocycles. The second-order valence-electron chi connectivity index (χ2n) is 7.48. The zero-order chi connectivity index (χ0) is 22.3. The number of aliphatic hydroxyl groups excluding tert-OH is 2. The number of aliphatic hydroxyl groups is 2. The van der Waals surface area contributed by atoms with Gasteiger partial charge in [-0.1, -0.05) is 38.1 Å². The Morgan fingerprint density at radius 1 is 1.17 bits per heavy atom. The van der Waals surface area contributed by atoms with Crippen molar-refractivity contribution < 1.29 is 29.2 Å². The highest BCUT2D eigenvalue weighted by Gasteiger charge is 2.17. The fraction of sp³-hybridized carbons (Fsp3) is 0.375. The van der Waals surface area contributed by atoms with Crippen LogP contribution in [0.1, 0.15) is 50.7 Å². The predicted octanol–water partition coefficient (Wildman–Crippen LogP) is 4.40. The summed E-state index contributed by atoms with van der Waals surface area (Å²) in [6, 6.07) is 9.22. The van der Waals surface area contributed by atoms with Gasteiger partial charge in [-0.15, -0.1) is 0 Å². The molecule has 2 atom stereocenters. The van der Waals surface area contributed by atoms with Gasteiger partial charge in [-0.3, -0.25) is 4.79 Å². The van der Waals surface area contributed by atoms with E-state index in [0.717, 1.165) is 16.7 Å². The molecule has 2 aromatic carbocycles. The van der Waals surface area contributed by atoms with Crippen molar-refractivity contribution in [2.24, 2.45) is 0 Å². The number of phenolic OH excluding ortho intramolecular Hbond substituents is 1. The van der Waals surface area contributed by atoms with E-state index in [-0.39, 0.29) is 36.9 Å². The standard InChI is InChI=1S/C24H29FO5/c1-4-30-24(29)14-19(27)11-18(26)9-10-21-22(15(2)3)12-20(28)13-23(21)16-5-7-17(25)8-6-16/h5-10,12-13,15,18-19,26-28H,4,11,14H2,1-3H3/b10-9+. The molecular weight excluding hydrogens is 387 g/mol. The van der Waals surface area contributed by atoms with E-state index in [1.807, 2.05) is 13.8 Å². The molecule has 0 aliphatic heterocycles. The Balaban J connectivity index is 2.30. The number of phenols is 1. The average molecular weight is 416 g/mol. The van der Waals surface area contributed by atoms with Crippen molar-refractivity contribution in [1.29, 1.82) is 0 Å². The lowest BCUT2D eigenvalue weighted by Crippen LogP contribution is -2.20. The Morgan fingerprint density at radius 3 is 2.43 bits per heavy atom. The van der Waals surface area contributed by atoms with Crippen molar-refractivity contribution in [2.75, 3.05) is 6.61 Å². The molecule has 2 rings (SSSR count). The van der Waals surface area contributed by atoms with Crippen LogP contribution in [0.25, 0.3) is 17.2 Å². The van der Waals surface area contributed by atoms with Crippen molar-refractivity contribution in [1.82, 2.24) is 0 Å². The molecule has 0 fully saturated rings. The summed E-state index contributed by atoms with van der Waals surface area (Å²) in [6.07, 6.45) is 1.07. The van der Waals surface area contributed by atoms with Gasteiger partial charge in [0.15, 0.2) is 0 Å². The molecule has 0 heterocycles. The van der Waals surface area contributed by atoms with Crippen molar-refractivity contribution in [3.63, 3.8) is 0 Å². The van der Waals surface area contributed by atoms with E-state index in [4.69, 9.17) is 4.74 Å². The summed E-state index contributed by atoms with van der Waals surface area (Å²) >= 11 is 0. The molecule has 0 radical (unpaired) electrons. The summed E-state index contributed by atoms with van der Waals surface area (Å²) in [5.74, 6) is -0.686. The van der Waals surface area contributed by atoms with Crippen LogP contribution in [0.4, 0.5) is 4.39 Å². The van der Waals surface area contributed by atoms with Gasteiger partial charge in [0.1, 0.15) is 11.6 Å². The van der Waals surface area contributed by atoms with Gasteiger partial charge in [-0.25, -0.2) is 4.39 Å². The largest absolute Gasteiger partial charge is 0.508 e. The van der Waals surface area contributed by atoms with Crippen molar-refractivity contribution in [3.05, 3.63) is 59.4 Å². The number of rotatable bonds is 9. The van der Waals surface area contributed by atoms with Gasteiger partial charge in [0, 0.05) is 6.42 Å². The SMILES string of the molecule is CCOC(=O)CC(O)CC(O)/C=C/c1c(-c2ccc(F)cc2)cc(O)cc1C(C)C. The molecule has 3 N–H and O–H groups in total. The van der Waals surface area contributed by atoms with Gasteiger partial charge in [0.05, 0.1) is 25.2 Å². The molecule has 0 bridgehead atoms. The van der Waals surface area contributed by atoms with Crippen LogP contribution < -0.4 is 0 Å². The van der Waals surface area contributed by atoms with Crippen molar-refractivity contribution >= 4 is 12.0 Å². The fourth-order valence-corrected chi connectivity index (χ4v) is 3.25. The minimum absolute atomic E-state index is 0.0176. The maximum Gasteiger partial charge on any atom is 0.308 e. The van der Waals surface area contributed by atoms with Crippen molar-refractivity contribution in [3.8, 4) is 16.9 Å². The molecule has 30 heavy (non-hydrogen) atoms. The number of halogens is 1. The van der Waals surface area contributed by atoms with Gasteiger partial charge in [-0.2, -0.15) is 0 Å². The monoisotopic (exact) mass is 416 g/mol. The maximum atomic E-state index is 13.4. The highest BCUT2D eigenvalue weighted by Crippen LogP contribution is 2.35. The van der Waals surface area contributed by atoms with Gasteiger partial charge in [0.25, 0.3) is 0 Å². The van der Waals surface area contributed by atoms with E-state index in [1.54, 1.807) is 43.3 Å². The van der Waals surface area contributed by atoms with E-state index in [1.165, 1.54) is 12.1 Å². The summed E-state index contributed by atoms with van der Waals surface area (Å²) in [4.78, 5) is 11.5. The minimum Gasteiger partial charge on any atom is -0.508 e. The summed E-state index contributed by atoms with van der Waals surface area (Å²) < 4.78 is 18.2. The lowest BCUT2D eigenvalue weighted by molar-refractivity contribution is -0.145. The Bertz CT molecular complexity index is 874. The van der Waals surface area contributed by atoms with Crippen LogP contribution in [0.5, 0.6) is 5.75 Å². The van der Waals surface area contributed by atoms with Gasteiger partial charge in [0.2, 0.25) is 0 Å². The smallest absolute Gasteiger partial charge is 0.308 e. The van der Waals surface area contributed by atoms with Crippen LogP contribution in [-0.4, -0.2) is 40.1 Å². The highest BCUT2D eigenvalue weighted by atomic mass is 19.1. The molecule has 0 saturated heterocycles. The van der Waals surface area contributed by atoms with Gasteiger partial charge >= 0.3 is 5.97 Å². The van der Waals surface area contributed by atoms with Gasteiger partial charge < -0.3 is 20.1 Å². The molecule has 2 unspecified atom stereocenters. The third kappa shape index (κ3) is 6.68. The summed E-state index contributed by atoms with van der Waals surface area (Å²) in [7, 11) is 0. The first kappa shape index (κ1) is 23.6. The molecule has 0 aliphatic rings. The van der Waals surface area contributed by atoms with Crippen LogP contribution in [0.3, 0.4) is 0 Å². The first-order valence-electron chi connectivity index (χ1n) is 10.0. The highest BCUT2D eigenvalue weighted by molar-refractivity contribution is 5.79. The van der Waals surface area contributed by atoms with E-state index in [9.17, 15) is 24.5 Å². The Labute approximate surface area is 176 Å². The zero-order valence-corrected chi connectivity index (χ0v) is 17.5. The molecular formula is C24H29FO5. The number of carbonyl (C=O) groups excluding carboxylic acids is 1. The third-order valence-electron chi connectivity index (χ3n) is 4.68. The fourth-order valence-electron chi connectivity index (χ4n) is 3.25. The molecule has 2 aromatic rings. The molecule has 0 spiro atoms. The quantitative estimate of drug-likeness (QED) is 0.528. The third-order valence-corrected chi connectivity index (χ3v) is 4.68. The number of esters is 1. The summed E-state index contributed by atoms with van der Waals surface area (Å²) in [6.45, 7) is 5.89. The van der Waals surface area contributed by atoms with Crippen LogP contribution in [0.2, 0.25) is 0 Å². The number of benzene rings is 2. The Kier molecular flexibility index (Phi) is 8.57. The van der Waals surface area contributed by atoms with Crippen LogP contribution in [0.15, 0.2) is 42.5 Å². The second kappa shape index (κ2) is 10.9. The molecule has 0 amide bonds. The number of hydrogen-bond donors (Lipinski definition) is 3. The maximum absolute atomic E-state index is 13.4. The first-order chi connectivity index (χ1) is 14.2. The van der Waals surface area contributed by atoms with Crippen LogP contribution >= 0.6 is 0 Å². The van der Waals surface area contributed by atoms with E-state index < -0.39 is 18.2 Å². The minimum atomic E-state index is -1.02. The number of ether oxygens (including phenoxy) is 1. The Hall–Kier alpha value is -2.70. The normalized spacial score (nSPS) is 13.6. The summed E-state index contributed by atoms with van der Waals surface area (Å²) in [5, 5.41) is 30.5. The molecule has 0 aromatic heterocycles. The van der Waals surface area contributed by atoms with Crippen molar-refractivity contribution in [2.45, 2.75) is 51.7 Å². The topological polar surface area (TPSA) is 87.0 Å². The molecule has 162 valence electrons. The average Bonchev–Trinajstić information content (AvgIpc) is 2.66. The molecule has 5 nitrogen and oxygen atoms in total. The van der Waals surface area contributed by atoms with Gasteiger partial charge in [-0.05, 0) is 59.4 Å². The Morgan fingerprint density at radius 2 is 1.83 bits per heavy atom. The molecule has 0 aliphatic carbocycles. The lowest BCUT2D eigenvalue weighted by Gasteiger charge is -2.17. The molecule has 6 heteroatoms. The number of carbonyl (C=O) groups is 1. The van der Waals surface area contributed by atoms with E-state index >= 15 is 0 Å². The predicted molar refractivity (Wildman–Crippen MR) is 115 cm³/mol. The van der Waals surface area contributed by atoms with Crippen LogP contribution in [-0.2, 0) is 9.53 Å². The second-order valence-corrected chi connectivity index (χ2v) is 7.48. The summed E-state index contributed by atoms with van der Waals surface area (Å²) in [5.41, 5.74) is 3.08. The lowest BCUT2D eigenvalue weighted by atomic mass is 9.89. The van der Waals surface area contributed by atoms with Crippen LogP contribution in [0, 0.1) is 5.82 Å². The zero-order valence-electron chi connectivity index (χ0n) is 17.5. The number of hydrogen-bond acceptors (Lipinski definition) is 5. The first-order valence-corrected chi connectivity index (χ1v) is 10.0.